The average molecular weight is 476 g/mol. The van der Waals surface area contributed by atoms with Gasteiger partial charge in [0.2, 0.25) is 0 Å². The SMILES string of the molecule is c1ccc(-c2cc(-c3ccc4c(c3)oc3c(-c5ccccn5)cccc34)nc(-c3ccccc3)n2)cc1. The molecule has 0 spiro atoms. The summed E-state index contributed by atoms with van der Waals surface area (Å²) in [4.78, 5) is 14.4. The zero-order valence-corrected chi connectivity index (χ0v) is 19.9. The summed E-state index contributed by atoms with van der Waals surface area (Å²) in [5.74, 6) is 0.694. The first-order chi connectivity index (χ1) is 18.3. The molecule has 0 aliphatic carbocycles. The molecule has 4 aromatic carbocycles. The highest BCUT2D eigenvalue weighted by Gasteiger charge is 2.15. The fourth-order valence-electron chi connectivity index (χ4n) is 4.75. The van der Waals surface area contributed by atoms with Crippen molar-refractivity contribution in [2.45, 2.75) is 0 Å². The van der Waals surface area contributed by atoms with Gasteiger partial charge in [0.1, 0.15) is 11.2 Å². The Bertz CT molecular complexity index is 1800. The number of hydrogen-bond donors (Lipinski definition) is 0. The minimum Gasteiger partial charge on any atom is -0.455 e. The van der Waals surface area contributed by atoms with Crippen LogP contribution in [-0.2, 0) is 0 Å². The monoisotopic (exact) mass is 475 g/mol. The van der Waals surface area contributed by atoms with Crippen LogP contribution >= 0.6 is 0 Å². The summed E-state index contributed by atoms with van der Waals surface area (Å²) in [6.45, 7) is 0. The standard InChI is InChI=1S/C33H21N3O/c1-3-10-22(11-4-1)29-21-30(36-33(35-29)23-12-5-2-6-13-23)24-17-18-25-26-14-9-15-27(28-16-7-8-19-34-28)32(26)37-31(25)20-24/h1-21H. The van der Waals surface area contributed by atoms with Gasteiger partial charge in [-0.15, -0.1) is 0 Å². The Morgan fingerprint density at radius 3 is 1.97 bits per heavy atom. The predicted molar refractivity (Wildman–Crippen MR) is 149 cm³/mol. The van der Waals surface area contributed by atoms with E-state index in [2.05, 4.69) is 53.5 Å². The van der Waals surface area contributed by atoms with Crippen LogP contribution in [0.5, 0.6) is 0 Å². The third-order valence-electron chi connectivity index (χ3n) is 6.56. The van der Waals surface area contributed by atoms with Gasteiger partial charge in [0.25, 0.3) is 0 Å². The molecule has 0 saturated heterocycles. The average Bonchev–Trinajstić information content (AvgIpc) is 3.36. The summed E-state index contributed by atoms with van der Waals surface area (Å²) in [6, 6.07) is 40.8. The van der Waals surface area contributed by atoms with Crippen molar-refractivity contribution < 1.29 is 4.42 Å². The summed E-state index contributed by atoms with van der Waals surface area (Å²) in [5.41, 5.74) is 8.26. The normalized spacial score (nSPS) is 11.2. The van der Waals surface area contributed by atoms with Gasteiger partial charge >= 0.3 is 0 Å². The molecule has 4 nitrogen and oxygen atoms in total. The third-order valence-corrected chi connectivity index (χ3v) is 6.56. The Morgan fingerprint density at radius 1 is 0.486 bits per heavy atom. The van der Waals surface area contributed by atoms with Gasteiger partial charge in [-0.3, -0.25) is 4.98 Å². The Labute approximate surface area is 213 Å². The van der Waals surface area contributed by atoms with Crippen molar-refractivity contribution in [1.29, 1.82) is 0 Å². The lowest BCUT2D eigenvalue weighted by Gasteiger charge is -2.09. The van der Waals surface area contributed by atoms with E-state index < -0.39 is 0 Å². The zero-order valence-electron chi connectivity index (χ0n) is 19.9. The molecule has 3 heterocycles. The summed E-state index contributed by atoms with van der Waals surface area (Å²) in [7, 11) is 0. The van der Waals surface area contributed by atoms with Gasteiger partial charge in [-0.1, -0.05) is 84.9 Å². The molecule has 0 fully saturated rings. The summed E-state index contributed by atoms with van der Waals surface area (Å²) < 4.78 is 6.45. The van der Waals surface area contributed by atoms with Gasteiger partial charge in [-0.05, 0) is 36.4 Å². The maximum atomic E-state index is 6.45. The maximum absolute atomic E-state index is 6.45. The highest BCUT2D eigenvalue weighted by atomic mass is 16.3. The molecule has 0 aliphatic rings. The van der Waals surface area contributed by atoms with E-state index in [9.17, 15) is 0 Å². The number of benzene rings is 4. The number of para-hydroxylation sites is 1. The lowest BCUT2D eigenvalue weighted by molar-refractivity contribution is 0.670. The first-order valence-electron chi connectivity index (χ1n) is 12.2. The highest BCUT2D eigenvalue weighted by Crippen LogP contribution is 2.37. The number of rotatable bonds is 4. The molecule has 0 amide bonds. The molecular weight excluding hydrogens is 454 g/mol. The van der Waals surface area contributed by atoms with Crippen molar-refractivity contribution in [3.05, 3.63) is 128 Å². The molecule has 0 saturated carbocycles. The van der Waals surface area contributed by atoms with E-state index in [0.717, 1.165) is 61.3 Å². The van der Waals surface area contributed by atoms with Crippen LogP contribution in [0.25, 0.3) is 67.1 Å². The number of aromatic nitrogens is 3. The van der Waals surface area contributed by atoms with Crippen LogP contribution in [0.2, 0.25) is 0 Å². The quantitative estimate of drug-likeness (QED) is 0.256. The number of hydrogen-bond acceptors (Lipinski definition) is 4. The second-order valence-corrected chi connectivity index (χ2v) is 8.90. The van der Waals surface area contributed by atoms with Gasteiger partial charge in [-0.2, -0.15) is 0 Å². The molecule has 0 radical (unpaired) electrons. The van der Waals surface area contributed by atoms with E-state index in [1.54, 1.807) is 6.20 Å². The van der Waals surface area contributed by atoms with Crippen LogP contribution in [0.4, 0.5) is 0 Å². The van der Waals surface area contributed by atoms with Crippen molar-refractivity contribution in [3.8, 4) is 45.2 Å². The lowest BCUT2D eigenvalue weighted by Crippen LogP contribution is -1.95. The van der Waals surface area contributed by atoms with Crippen LogP contribution in [0.3, 0.4) is 0 Å². The third kappa shape index (κ3) is 3.85. The largest absolute Gasteiger partial charge is 0.455 e. The zero-order chi connectivity index (χ0) is 24.6. The second kappa shape index (κ2) is 8.85. The van der Waals surface area contributed by atoms with Gasteiger partial charge in [0, 0.05) is 39.2 Å². The molecule has 7 rings (SSSR count). The molecule has 174 valence electrons. The van der Waals surface area contributed by atoms with E-state index in [-0.39, 0.29) is 0 Å². The van der Waals surface area contributed by atoms with Gasteiger partial charge in [-0.25, -0.2) is 9.97 Å². The minimum absolute atomic E-state index is 0.694. The van der Waals surface area contributed by atoms with Crippen molar-refractivity contribution in [3.63, 3.8) is 0 Å². The number of furan rings is 1. The molecular formula is C33H21N3O. The summed E-state index contributed by atoms with van der Waals surface area (Å²) in [5, 5.41) is 2.14. The topological polar surface area (TPSA) is 51.8 Å². The van der Waals surface area contributed by atoms with E-state index in [1.807, 2.05) is 72.8 Å². The number of nitrogens with zero attached hydrogens (tertiary/aromatic N) is 3. The lowest BCUT2D eigenvalue weighted by atomic mass is 10.0. The van der Waals surface area contributed by atoms with E-state index in [1.165, 1.54) is 0 Å². The van der Waals surface area contributed by atoms with Crippen molar-refractivity contribution in [1.82, 2.24) is 15.0 Å². The van der Waals surface area contributed by atoms with Gasteiger partial charge in [0.05, 0.1) is 17.1 Å². The van der Waals surface area contributed by atoms with Crippen LogP contribution < -0.4 is 0 Å². The van der Waals surface area contributed by atoms with Crippen molar-refractivity contribution in [2.75, 3.05) is 0 Å². The molecule has 0 N–H and O–H groups in total. The highest BCUT2D eigenvalue weighted by molar-refractivity contribution is 6.10. The molecule has 4 heteroatoms. The predicted octanol–water partition coefficient (Wildman–Crippen LogP) is 8.44. The first kappa shape index (κ1) is 21.2. The molecule has 0 atom stereocenters. The Kier molecular flexibility index (Phi) is 5.07. The van der Waals surface area contributed by atoms with Crippen LogP contribution in [0.1, 0.15) is 0 Å². The van der Waals surface area contributed by atoms with Gasteiger partial charge < -0.3 is 4.42 Å². The van der Waals surface area contributed by atoms with Gasteiger partial charge in [0.15, 0.2) is 5.82 Å². The maximum Gasteiger partial charge on any atom is 0.160 e. The summed E-state index contributed by atoms with van der Waals surface area (Å²) in [6.07, 6.45) is 1.80. The van der Waals surface area contributed by atoms with E-state index in [4.69, 9.17) is 14.4 Å². The van der Waals surface area contributed by atoms with E-state index in [0.29, 0.717) is 5.82 Å². The molecule has 0 unspecified atom stereocenters. The van der Waals surface area contributed by atoms with Crippen molar-refractivity contribution in [2.24, 2.45) is 0 Å². The summed E-state index contributed by atoms with van der Waals surface area (Å²) >= 11 is 0. The fourth-order valence-corrected chi connectivity index (χ4v) is 4.75. The van der Waals surface area contributed by atoms with Crippen LogP contribution in [0, 0.1) is 0 Å². The minimum atomic E-state index is 0.694. The number of pyridine rings is 1. The van der Waals surface area contributed by atoms with Crippen LogP contribution in [-0.4, -0.2) is 15.0 Å². The molecule has 7 aromatic rings. The molecule has 37 heavy (non-hydrogen) atoms. The fraction of sp³-hybridized carbons (Fsp3) is 0. The first-order valence-corrected chi connectivity index (χ1v) is 12.2. The molecule has 0 aliphatic heterocycles. The Balaban J connectivity index is 1.41. The Hall–Kier alpha value is -5.09. The Morgan fingerprint density at radius 2 is 1.22 bits per heavy atom. The number of fused-ring (bicyclic) bond motifs is 3. The van der Waals surface area contributed by atoms with E-state index >= 15 is 0 Å². The van der Waals surface area contributed by atoms with Crippen LogP contribution in [0.15, 0.2) is 132 Å². The van der Waals surface area contributed by atoms with Crippen molar-refractivity contribution >= 4 is 21.9 Å². The smallest absolute Gasteiger partial charge is 0.160 e. The second-order valence-electron chi connectivity index (χ2n) is 8.90. The molecule has 3 aromatic heterocycles. The molecule has 0 bridgehead atoms.